The van der Waals surface area contributed by atoms with Crippen molar-refractivity contribution in [3.63, 3.8) is 0 Å². The lowest BCUT2D eigenvalue weighted by Gasteiger charge is -2.60. The monoisotopic (exact) mass is 502 g/mol. The molecule has 4 aliphatic rings. The number of anilines is 2. The summed E-state index contributed by atoms with van der Waals surface area (Å²) in [5.74, 6) is -0.469. The molecule has 0 bridgehead atoms. The third-order valence-corrected chi connectivity index (χ3v) is 9.87. The van der Waals surface area contributed by atoms with Crippen LogP contribution in [0.1, 0.15) is 50.8 Å². The van der Waals surface area contributed by atoms with Gasteiger partial charge in [0, 0.05) is 64.8 Å². The molecule has 0 unspecified atom stereocenters. The maximum Gasteiger partial charge on any atom is 0.451 e. The van der Waals surface area contributed by atoms with Crippen molar-refractivity contribution in [2.45, 2.75) is 51.1 Å². The fraction of sp³-hybridized carbons (Fsp3) is 0.818. The Kier molecular flexibility index (Phi) is 5.80. The van der Waals surface area contributed by atoms with E-state index in [2.05, 4.69) is 9.97 Å². The molecule has 8 nitrogen and oxygen atoms in total. The molecule has 34 heavy (non-hydrogen) atoms. The van der Waals surface area contributed by atoms with Gasteiger partial charge in [0.25, 0.3) is 10.2 Å². The molecule has 1 saturated carbocycles. The van der Waals surface area contributed by atoms with Crippen LogP contribution in [0.5, 0.6) is 0 Å². The van der Waals surface area contributed by atoms with E-state index in [4.69, 9.17) is 0 Å². The molecule has 190 valence electrons. The number of hydrogen-bond acceptors (Lipinski definition) is 6. The van der Waals surface area contributed by atoms with Gasteiger partial charge in [0.15, 0.2) is 0 Å². The predicted molar refractivity (Wildman–Crippen MR) is 123 cm³/mol. The molecular formula is C22H33F3N6O2S. The fourth-order valence-corrected chi connectivity index (χ4v) is 7.54. The Hall–Kier alpha value is -1.66. The Bertz CT molecular complexity index is 1020. The van der Waals surface area contributed by atoms with Crippen molar-refractivity contribution in [1.82, 2.24) is 18.6 Å². The van der Waals surface area contributed by atoms with Crippen LogP contribution >= 0.6 is 0 Å². The summed E-state index contributed by atoms with van der Waals surface area (Å²) in [5, 5.41) is 0. The Balaban J connectivity index is 1.34. The van der Waals surface area contributed by atoms with Crippen LogP contribution in [0.25, 0.3) is 0 Å². The maximum atomic E-state index is 13.7. The van der Waals surface area contributed by atoms with E-state index in [-0.39, 0.29) is 16.6 Å². The molecule has 3 saturated heterocycles. The van der Waals surface area contributed by atoms with Gasteiger partial charge in [-0.25, -0.2) is 9.97 Å². The van der Waals surface area contributed by atoms with Gasteiger partial charge in [-0.15, -0.1) is 0 Å². The number of halogens is 3. The van der Waals surface area contributed by atoms with Crippen molar-refractivity contribution in [3.8, 4) is 0 Å². The summed E-state index contributed by atoms with van der Waals surface area (Å²) in [6.45, 7) is 3.19. The summed E-state index contributed by atoms with van der Waals surface area (Å²) in [6, 6.07) is 1.69. The Morgan fingerprint density at radius 3 is 2.00 bits per heavy atom. The summed E-state index contributed by atoms with van der Waals surface area (Å²) in [7, 11) is -0.478. The summed E-state index contributed by atoms with van der Waals surface area (Å²) >= 11 is 0. The minimum atomic E-state index is -4.63. The molecule has 5 rings (SSSR count). The highest BCUT2D eigenvalue weighted by Crippen LogP contribution is 2.46. The van der Waals surface area contributed by atoms with Gasteiger partial charge in [-0.2, -0.15) is 30.2 Å². The maximum absolute atomic E-state index is 13.7. The first-order chi connectivity index (χ1) is 15.9. The van der Waals surface area contributed by atoms with Crippen LogP contribution in [0.15, 0.2) is 6.07 Å². The summed E-state index contributed by atoms with van der Waals surface area (Å²) in [5.41, 5.74) is -0.0298. The van der Waals surface area contributed by atoms with Gasteiger partial charge in [0.1, 0.15) is 11.6 Å². The highest BCUT2D eigenvalue weighted by Gasteiger charge is 2.56. The van der Waals surface area contributed by atoms with Gasteiger partial charge in [0.2, 0.25) is 5.82 Å². The second-order valence-corrected chi connectivity index (χ2v) is 13.0. The van der Waals surface area contributed by atoms with E-state index in [9.17, 15) is 21.6 Å². The minimum absolute atomic E-state index is 0.189. The average molecular weight is 503 g/mol. The van der Waals surface area contributed by atoms with Gasteiger partial charge in [-0.1, -0.05) is 19.3 Å². The van der Waals surface area contributed by atoms with Crippen LogP contribution < -0.4 is 9.80 Å². The molecule has 3 aliphatic heterocycles. The van der Waals surface area contributed by atoms with Crippen LogP contribution in [0, 0.1) is 10.8 Å². The molecule has 4 fully saturated rings. The van der Waals surface area contributed by atoms with Crippen LogP contribution in [0.4, 0.5) is 24.8 Å². The lowest BCUT2D eigenvalue weighted by atomic mass is 9.69. The zero-order chi connectivity index (χ0) is 24.4. The second kappa shape index (κ2) is 8.19. The molecule has 0 radical (unpaired) electrons. The zero-order valence-electron chi connectivity index (χ0n) is 19.8. The molecule has 2 spiro atoms. The van der Waals surface area contributed by atoms with E-state index in [1.165, 1.54) is 42.0 Å². The summed E-state index contributed by atoms with van der Waals surface area (Å²) in [6.07, 6.45) is 3.35. The summed E-state index contributed by atoms with van der Waals surface area (Å²) < 4.78 is 68.2. The van der Waals surface area contributed by atoms with Crippen LogP contribution in [-0.4, -0.2) is 80.4 Å². The SMILES string of the molecule is CN(C)S(=O)(=O)N1CC2(CN(c3cc(N4CCCC5(CCCCC5)C4)nc(C(F)(F)F)n3)C2)C1. The van der Waals surface area contributed by atoms with Crippen molar-refractivity contribution < 1.29 is 21.6 Å². The van der Waals surface area contributed by atoms with E-state index >= 15 is 0 Å². The molecule has 0 N–H and O–H groups in total. The first-order valence-electron chi connectivity index (χ1n) is 12.1. The Morgan fingerprint density at radius 2 is 1.41 bits per heavy atom. The molecule has 1 aromatic heterocycles. The number of rotatable bonds is 4. The molecule has 0 atom stereocenters. The average Bonchev–Trinajstić information content (AvgIpc) is 2.71. The number of piperidine rings is 1. The second-order valence-electron chi connectivity index (χ2n) is 10.9. The lowest BCUT2D eigenvalue weighted by Crippen LogP contribution is -2.73. The van der Waals surface area contributed by atoms with Crippen LogP contribution in [-0.2, 0) is 16.4 Å². The minimum Gasteiger partial charge on any atom is -0.356 e. The highest BCUT2D eigenvalue weighted by molar-refractivity contribution is 7.86. The largest absolute Gasteiger partial charge is 0.451 e. The third kappa shape index (κ3) is 4.26. The van der Waals surface area contributed by atoms with Crippen molar-refractivity contribution >= 4 is 21.8 Å². The standard InChI is InChI=1S/C22H33F3N6O2S/c1-28(2)34(32,33)31-15-21(16-31)13-30(14-21)18-11-17(26-19(27-18)22(23,24)25)29-10-6-9-20(12-29)7-4-3-5-8-20/h11H,3-10,12-16H2,1-2H3. The highest BCUT2D eigenvalue weighted by atomic mass is 32.2. The number of aromatic nitrogens is 2. The first kappa shape index (κ1) is 24.1. The van der Waals surface area contributed by atoms with E-state index in [1.807, 2.05) is 9.80 Å². The zero-order valence-corrected chi connectivity index (χ0v) is 20.6. The van der Waals surface area contributed by atoms with Crippen molar-refractivity contribution in [3.05, 3.63) is 11.9 Å². The van der Waals surface area contributed by atoms with Crippen LogP contribution in [0.3, 0.4) is 0 Å². The molecule has 4 heterocycles. The predicted octanol–water partition coefficient (Wildman–Crippen LogP) is 2.97. The van der Waals surface area contributed by atoms with Gasteiger partial charge >= 0.3 is 6.18 Å². The molecule has 0 amide bonds. The van der Waals surface area contributed by atoms with Gasteiger partial charge in [0.05, 0.1) is 0 Å². The van der Waals surface area contributed by atoms with Crippen molar-refractivity contribution in [2.24, 2.45) is 10.8 Å². The normalized spacial score (nSPS) is 25.0. The quantitative estimate of drug-likeness (QED) is 0.631. The lowest BCUT2D eigenvalue weighted by molar-refractivity contribution is -0.144. The molecular weight excluding hydrogens is 469 g/mol. The molecule has 12 heteroatoms. The Morgan fingerprint density at radius 1 is 0.853 bits per heavy atom. The molecule has 1 aliphatic carbocycles. The van der Waals surface area contributed by atoms with Crippen molar-refractivity contribution in [1.29, 1.82) is 0 Å². The number of hydrogen-bond donors (Lipinski definition) is 0. The van der Waals surface area contributed by atoms with E-state index < -0.39 is 22.2 Å². The topological polar surface area (TPSA) is 72.9 Å². The molecule has 0 aromatic carbocycles. The third-order valence-electron chi connectivity index (χ3n) is 8.04. The first-order valence-corrected chi connectivity index (χ1v) is 13.5. The number of nitrogens with zero attached hydrogens (tertiary/aromatic N) is 6. The van der Waals surface area contributed by atoms with Crippen LogP contribution in [0.2, 0.25) is 0 Å². The van der Waals surface area contributed by atoms with Crippen molar-refractivity contribution in [2.75, 3.05) is 63.2 Å². The van der Waals surface area contributed by atoms with E-state index in [1.54, 1.807) is 6.07 Å². The van der Waals surface area contributed by atoms with Gasteiger partial charge in [-0.3, -0.25) is 0 Å². The van der Waals surface area contributed by atoms with E-state index in [0.29, 0.717) is 38.5 Å². The van der Waals surface area contributed by atoms with E-state index in [0.717, 1.165) is 32.2 Å². The summed E-state index contributed by atoms with van der Waals surface area (Å²) in [4.78, 5) is 11.7. The number of alkyl halides is 3. The Labute approximate surface area is 199 Å². The van der Waals surface area contributed by atoms with Gasteiger partial charge < -0.3 is 9.80 Å². The molecule has 1 aromatic rings. The fourth-order valence-electron chi connectivity index (χ4n) is 6.21. The van der Waals surface area contributed by atoms with Gasteiger partial charge in [-0.05, 0) is 31.1 Å². The smallest absolute Gasteiger partial charge is 0.356 e.